The number of fused-ring (bicyclic) bond motifs is 2. The number of aryl methyl sites for hydroxylation is 1. The van der Waals surface area contributed by atoms with Gasteiger partial charge >= 0.3 is 5.97 Å². The van der Waals surface area contributed by atoms with Crippen LogP contribution in [0.3, 0.4) is 0 Å². The number of anilines is 1. The Bertz CT molecular complexity index is 1640. The number of hydrogen-bond acceptors (Lipinski definition) is 6. The van der Waals surface area contributed by atoms with E-state index in [-0.39, 0.29) is 25.0 Å². The minimum atomic E-state index is -0.274. The molecule has 0 unspecified atom stereocenters. The molecule has 3 aromatic carbocycles. The van der Waals surface area contributed by atoms with Crippen molar-refractivity contribution in [3.05, 3.63) is 83.7 Å². The Labute approximate surface area is 222 Å². The highest BCUT2D eigenvalue weighted by molar-refractivity contribution is 6.03. The molecule has 0 bridgehead atoms. The number of pyridine rings is 1. The second kappa shape index (κ2) is 10.5. The van der Waals surface area contributed by atoms with Gasteiger partial charge in [0, 0.05) is 28.6 Å². The normalized spacial score (nSPS) is 11.4. The first-order valence-electron chi connectivity index (χ1n) is 12.9. The molecule has 0 aliphatic heterocycles. The minimum absolute atomic E-state index is 0.160. The SMILES string of the molecule is CCOC(=O)Cc1ccccc1OCc1nn(C(C)C)c2ccc(-c3c(C)ccc4c(N)nccc34)cc12. The third kappa shape index (κ3) is 4.79. The first-order chi connectivity index (χ1) is 18.4. The number of nitrogen functional groups attached to an aromatic ring is 1. The van der Waals surface area contributed by atoms with Gasteiger partial charge in [0.1, 0.15) is 23.9 Å². The molecule has 0 spiro atoms. The van der Waals surface area contributed by atoms with E-state index >= 15 is 0 Å². The topological polar surface area (TPSA) is 92.3 Å². The van der Waals surface area contributed by atoms with Crippen LogP contribution in [-0.4, -0.2) is 27.3 Å². The van der Waals surface area contributed by atoms with Gasteiger partial charge in [-0.2, -0.15) is 5.10 Å². The van der Waals surface area contributed by atoms with E-state index in [0.717, 1.165) is 49.6 Å². The van der Waals surface area contributed by atoms with Crippen LogP contribution in [0.15, 0.2) is 66.9 Å². The molecule has 0 atom stereocenters. The predicted molar refractivity (Wildman–Crippen MR) is 151 cm³/mol. The molecule has 2 N–H and O–H groups in total. The zero-order valence-electron chi connectivity index (χ0n) is 22.2. The van der Waals surface area contributed by atoms with Crippen molar-refractivity contribution in [2.45, 2.75) is 46.8 Å². The highest BCUT2D eigenvalue weighted by Gasteiger charge is 2.17. The van der Waals surface area contributed by atoms with Gasteiger partial charge in [-0.1, -0.05) is 36.4 Å². The van der Waals surface area contributed by atoms with Crippen LogP contribution in [-0.2, 0) is 22.6 Å². The molecule has 0 saturated carbocycles. The molecule has 0 aliphatic rings. The lowest BCUT2D eigenvalue weighted by atomic mass is 9.93. The molecular formula is C31H32N4O3. The lowest BCUT2D eigenvalue weighted by Crippen LogP contribution is -2.09. The average Bonchev–Trinajstić information content (AvgIpc) is 3.26. The maximum absolute atomic E-state index is 12.1. The molecule has 0 aliphatic carbocycles. The van der Waals surface area contributed by atoms with Gasteiger partial charge in [0.15, 0.2) is 0 Å². The van der Waals surface area contributed by atoms with Crippen molar-refractivity contribution >= 4 is 33.5 Å². The molecule has 0 radical (unpaired) electrons. The summed E-state index contributed by atoms with van der Waals surface area (Å²) in [6, 6.07) is 20.3. The van der Waals surface area contributed by atoms with E-state index in [1.165, 1.54) is 0 Å². The molecule has 0 fully saturated rings. The molecule has 2 aromatic heterocycles. The predicted octanol–water partition coefficient (Wildman–Crippen LogP) is 6.41. The number of benzene rings is 3. The molecule has 2 heterocycles. The Hall–Kier alpha value is -4.39. The van der Waals surface area contributed by atoms with Crippen LogP contribution in [0.2, 0.25) is 0 Å². The zero-order chi connectivity index (χ0) is 26.8. The number of hydrogen-bond donors (Lipinski definition) is 1. The molecule has 38 heavy (non-hydrogen) atoms. The summed E-state index contributed by atoms with van der Waals surface area (Å²) in [6.45, 7) is 8.76. The molecule has 0 saturated heterocycles. The second-order valence-corrected chi connectivity index (χ2v) is 9.64. The number of rotatable bonds is 8. The van der Waals surface area contributed by atoms with E-state index in [9.17, 15) is 4.79 Å². The highest BCUT2D eigenvalue weighted by Crippen LogP contribution is 2.36. The molecule has 7 heteroatoms. The smallest absolute Gasteiger partial charge is 0.310 e. The van der Waals surface area contributed by atoms with Crippen LogP contribution in [0.5, 0.6) is 5.75 Å². The lowest BCUT2D eigenvalue weighted by Gasteiger charge is -2.13. The van der Waals surface area contributed by atoms with E-state index in [0.29, 0.717) is 18.2 Å². The number of nitrogens with two attached hydrogens (primary N) is 1. The Morgan fingerprint density at radius 2 is 1.84 bits per heavy atom. The van der Waals surface area contributed by atoms with Gasteiger partial charge in [-0.25, -0.2) is 4.98 Å². The summed E-state index contributed by atoms with van der Waals surface area (Å²) in [7, 11) is 0. The van der Waals surface area contributed by atoms with Crippen LogP contribution >= 0.6 is 0 Å². The van der Waals surface area contributed by atoms with E-state index in [2.05, 4.69) is 50.0 Å². The number of ether oxygens (including phenoxy) is 2. The zero-order valence-corrected chi connectivity index (χ0v) is 22.2. The quantitative estimate of drug-likeness (QED) is 0.244. The fourth-order valence-electron chi connectivity index (χ4n) is 4.93. The first kappa shape index (κ1) is 25.3. The fourth-order valence-corrected chi connectivity index (χ4v) is 4.93. The van der Waals surface area contributed by atoms with Crippen LogP contribution in [0.4, 0.5) is 5.82 Å². The summed E-state index contributed by atoms with van der Waals surface area (Å²) in [6.07, 6.45) is 1.91. The van der Waals surface area contributed by atoms with Gasteiger partial charge in [-0.15, -0.1) is 0 Å². The summed E-state index contributed by atoms with van der Waals surface area (Å²) >= 11 is 0. The van der Waals surface area contributed by atoms with E-state index in [1.807, 2.05) is 41.1 Å². The van der Waals surface area contributed by atoms with Crippen LogP contribution in [0.1, 0.15) is 43.6 Å². The van der Waals surface area contributed by atoms with Crippen molar-refractivity contribution in [3.63, 3.8) is 0 Å². The van der Waals surface area contributed by atoms with E-state index in [4.69, 9.17) is 20.3 Å². The van der Waals surface area contributed by atoms with Crippen molar-refractivity contribution < 1.29 is 14.3 Å². The Morgan fingerprint density at radius 1 is 1.03 bits per heavy atom. The molecular weight excluding hydrogens is 476 g/mol. The standard InChI is InChI=1S/C31H32N4O3/c1-5-37-29(36)17-21-8-6-7-9-28(21)38-18-26-25-16-22(11-13-27(25)35(34-26)19(2)3)30-20(4)10-12-24-23(30)14-15-33-31(24)32/h6-16,19H,5,17-18H2,1-4H3,(H2,32,33). The van der Waals surface area contributed by atoms with Crippen LogP contribution in [0, 0.1) is 6.92 Å². The number of para-hydroxylation sites is 1. The van der Waals surface area contributed by atoms with Gasteiger partial charge in [0.05, 0.1) is 18.5 Å². The largest absolute Gasteiger partial charge is 0.487 e. The third-order valence-corrected chi connectivity index (χ3v) is 6.72. The lowest BCUT2D eigenvalue weighted by molar-refractivity contribution is -0.142. The van der Waals surface area contributed by atoms with E-state index < -0.39 is 0 Å². The van der Waals surface area contributed by atoms with Gasteiger partial charge in [0.25, 0.3) is 0 Å². The van der Waals surface area contributed by atoms with Crippen molar-refractivity contribution in [1.29, 1.82) is 0 Å². The summed E-state index contributed by atoms with van der Waals surface area (Å²) in [5.41, 5.74) is 12.2. The van der Waals surface area contributed by atoms with Crippen LogP contribution < -0.4 is 10.5 Å². The maximum Gasteiger partial charge on any atom is 0.310 e. The molecule has 0 amide bonds. The Morgan fingerprint density at radius 3 is 2.63 bits per heavy atom. The van der Waals surface area contributed by atoms with Crippen molar-refractivity contribution in [1.82, 2.24) is 14.8 Å². The first-order valence-corrected chi connectivity index (χ1v) is 12.9. The van der Waals surface area contributed by atoms with Gasteiger partial charge in [-0.3, -0.25) is 9.48 Å². The van der Waals surface area contributed by atoms with E-state index in [1.54, 1.807) is 13.1 Å². The minimum Gasteiger partial charge on any atom is -0.487 e. The van der Waals surface area contributed by atoms with Crippen LogP contribution in [0.25, 0.3) is 32.8 Å². The number of carbonyl (C=O) groups is 1. The number of esters is 1. The van der Waals surface area contributed by atoms with Crippen molar-refractivity contribution in [2.75, 3.05) is 12.3 Å². The van der Waals surface area contributed by atoms with Crippen molar-refractivity contribution in [3.8, 4) is 16.9 Å². The summed E-state index contributed by atoms with van der Waals surface area (Å²) in [4.78, 5) is 16.4. The van der Waals surface area contributed by atoms with Crippen molar-refractivity contribution in [2.24, 2.45) is 0 Å². The van der Waals surface area contributed by atoms with Gasteiger partial charge in [-0.05, 0) is 74.0 Å². The molecule has 7 nitrogen and oxygen atoms in total. The maximum atomic E-state index is 12.1. The number of carbonyl (C=O) groups excluding carboxylic acids is 1. The Balaban J connectivity index is 1.56. The summed E-state index contributed by atoms with van der Waals surface area (Å²) in [5, 5.41) is 7.96. The van der Waals surface area contributed by atoms with Gasteiger partial charge < -0.3 is 15.2 Å². The summed E-state index contributed by atoms with van der Waals surface area (Å²) in [5.74, 6) is 0.897. The highest BCUT2D eigenvalue weighted by atomic mass is 16.5. The monoisotopic (exact) mass is 508 g/mol. The molecule has 5 rings (SSSR count). The third-order valence-electron chi connectivity index (χ3n) is 6.72. The average molecular weight is 509 g/mol. The summed E-state index contributed by atoms with van der Waals surface area (Å²) < 4.78 is 13.4. The molecule has 5 aromatic rings. The Kier molecular flexibility index (Phi) is 7.01. The number of nitrogens with zero attached hydrogens (tertiary/aromatic N) is 3. The molecule has 194 valence electrons. The van der Waals surface area contributed by atoms with Gasteiger partial charge in [0.2, 0.25) is 0 Å². The second-order valence-electron chi connectivity index (χ2n) is 9.64. The number of aromatic nitrogens is 3. The fraction of sp³-hybridized carbons (Fsp3) is 0.258.